The van der Waals surface area contributed by atoms with Crippen LogP contribution >= 0.6 is 0 Å². The molecule has 19 heavy (non-hydrogen) atoms. The third-order valence-corrected chi connectivity index (χ3v) is 2.56. The molecule has 0 spiro atoms. The molecule has 0 aliphatic heterocycles. The summed E-state index contributed by atoms with van der Waals surface area (Å²) in [5.74, 6) is -4.58. The molecule has 0 atom stereocenters. The third kappa shape index (κ3) is 3.41. The van der Waals surface area contributed by atoms with E-state index in [1.54, 1.807) is 0 Å². The van der Waals surface area contributed by atoms with Gasteiger partial charge in [-0.3, -0.25) is 0 Å². The predicted molar refractivity (Wildman–Crippen MR) is 50.6 cm³/mol. The minimum atomic E-state index is -5.40. The van der Waals surface area contributed by atoms with Crippen molar-refractivity contribution in [2.45, 2.75) is 11.3 Å². The molecule has 0 radical (unpaired) electrons. The number of aromatic hydroxyl groups is 1. The van der Waals surface area contributed by atoms with E-state index >= 15 is 0 Å². The zero-order valence-electron chi connectivity index (χ0n) is 8.58. The Kier molecular flexibility index (Phi) is 3.54. The number of primary sulfonamides is 1. The highest BCUT2D eigenvalue weighted by Crippen LogP contribution is 2.40. The first-order valence-corrected chi connectivity index (χ1v) is 5.63. The van der Waals surface area contributed by atoms with Gasteiger partial charge in [0, 0.05) is 0 Å². The number of nitrogens with zero attached hydrogens (tertiary/aromatic N) is 2. The normalized spacial score (nSPS) is 12.2. The average molecular weight is 303 g/mol. The van der Waals surface area contributed by atoms with Crippen LogP contribution in [0.4, 0.5) is 19.0 Å². The van der Waals surface area contributed by atoms with Crippen LogP contribution in [0.2, 0.25) is 0 Å². The van der Waals surface area contributed by atoms with E-state index in [9.17, 15) is 31.7 Å². The number of rotatable bonds is 3. The van der Waals surface area contributed by atoms with Gasteiger partial charge in [0.1, 0.15) is 0 Å². The van der Waals surface area contributed by atoms with Crippen molar-refractivity contribution in [2.24, 2.45) is 5.14 Å². The highest BCUT2D eigenvalue weighted by atomic mass is 32.2. The number of pyridine rings is 1. The SMILES string of the molecule is NS(=O)(=O)c1c([N+](=O)[O-])ncc(O)c1OC(F)(F)F. The lowest BCUT2D eigenvalue weighted by Gasteiger charge is -2.12. The number of ether oxygens (including phenoxy) is 1. The Morgan fingerprint density at radius 2 is 2.00 bits per heavy atom. The molecular formula is C6H4F3N3O6S. The minimum Gasteiger partial charge on any atom is -0.502 e. The van der Waals surface area contributed by atoms with E-state index in [-0.39, 0.29) is 6.20 Å². The summed E-state index contributed by atoms with van der Waals surface area (Å²) >= 11 is 0. The molecule has 0 bridgehead atoms. The summed E-state index contributed by atoms with van der Waals surface area (Å²) in [6.07, 6.45) is -5.17. The lowest BCUT2D eigenvalue weighted by molar-refractivity contribution is -0.393. The first kappa shape index (κ1) is 14.9. The highest BCUT2D eigenvalue weighted by Gasteiger charge is 2.40. The lowest BCUT2D eigenvalue weighted by Crippen LogP contribution is -2.22. The molecule has 1 rings (SSSR count). The van der Waals surface area contributed by atoms with Crippen LogP contribution in [0.3, 0.4) is 0 Å². The Hall–Kier alpha value is -2.15. The first-order valence-electron chi connectivity index (χ1n) is 4.08. The lowest BCUT2D eigenvalue weighted by atomic mass is 10.4. The van der Waals surface area contributed by atoms with E-state index in [4.69, 9.17) is 5.11 Å². The molecule has 106 valence electrons. The topological polar surface area (TPSA) is 146 Å². The van der Waals surface area contributed by atoms with Crippen LogP contribution in [0.15, 0.2) is 11.1 Å². The van der Waals surface area contributed by atoms with Gasteiger partial charge >= 0.3 is 12.2 Å². The fourth-order valence-electron chi connectivity index (χ4n) is 1.06. The van der Waals surface area contributed by atoms with Gasteiger partial charge in [0.15, 0.2) is 6.20 Å². The Bertz CT molecular complexity index is 628. The van der Waals surface area contributed by atoms with E-state index < -0.39 is 43.5 Å². The molecule has 13 heteroatoms. The standard InChI is InChI=1S/C6H4F3N3O6S/c7-6(8,9)18-3-2(13)1-11-5(12(14)15)4(3)19(10,16)17/h1,13H,(H2,10,16,17). The molecule has 1 aromatic rings. The summed E-state index contributed by atoms with van der Waals surface area (Å²) < 4.78 is 61.6. The van der Waals surface area contributed by atoms with E-state index in [1.807, 2.05) is 0 Å². The largest absolute Gasteiger partial charge is 0.573 e. The van der Waals surface area contributed by atoms with E-state index in [0.29, 0.717) is 0 Å². The van der Waals surface area contributed by atoms with Gasteiger partial charge in [-0.15, -0.1) is 13.2 Å². The molecule has 1 heterocycles. The second-order valence-electron chi connectivity index (χ2n) is 2.98. The number of hydrogen-bond acceptors (Lipinski definition) is 7. The van der Waals surface area contributed by atoms with Crippen LogP contribution < -0.4 is 9.88 Å². The van der Waals surface area contributed by atoms with Crippen LogP contribution in [0, 0.1) is 10.1 Å². The van der Waals surface area contributed by atoms with Crippen molar-refractivity contribution in [3.05, 3.63) is 16.3 Å². The van der Waals surface area contributed by atoms with Gasteiger partial charge in [-0.1, -0.05) is 0 Å². The molecule has 0 amide bonds. The Morgan fingerprint density at radius 3 is 2.37 bits per heavy atom. The summed E-state index contributed by atoms with van der Waals surface area (Å²) in [5.41, 5.74) is 0. The monoisotopic (exact) mass is 303 g/mol. The summed E-state index contributed by atoms with van der Waals surface area (Å²) in [5, 5.41) is 24.1. The van der Waals surface area contributed by atoms with E-state index in [2.05, 4.69) is 14.9 Å². The number of halogens is 3. The maximum Gasteiger partial charge on any atom is 0.573 e. The van der Waals surface area contributed by atoms with Gasteiger partial charge in [-0.05, 0) is 9.91 Å². The van der Waals surface area contributed by atoms with Crippen molar-refractivity contribution < 1.29 is 36.4 Å². The van der Waals surface area contributed by atoms with Gasteiger partial charge in [0.2, 0.25) is 26.4 Å². The number of nitrogens with two attached hydrogens (primary N) is 1. The number of hydrogen-bond donors (Lipinski definition) is 2. The summed E-state index contributed by atoms with van der Waals surface area (Å²) in [4.78, 5) is 10.3. The molecule has 0 fully saturated rings. The first-order chi connectivity index (χ1) is 8.43. The van der Waals surface area contributed by atoms with Crippen molar-refractivity contribution in [1.82, 2.24) is 4.98 Å². The summed E-state index contributed by atoms with van der Waals surface area (Å²) in [6.45, 7) is 0. The molecule has 3 N–H and O–H groups in total. The van der Waals surface area contributed by atoms with Crippen molar-refractivity contribution in [2.75, 3.05) is 0 Å². The van der Waals surface area contributed by atoms with Gasteiger partial charge in [0.05, 0.1) is 0 Å². The van der Waals surface area contributed by atoms with Crippen LogP contribution in [0.5, 0.6) is 11.5 Å². The summed E-state index contributed by atoms with van der Waals surface area (Å²) in [7, 11) is -4.99. The Morgan fingerprint density at radius 1 is 1.47 bits per heavy atom. The summed E-state index contributed by atoms with van der Waals surface area (Å²) in [6, 6.07) is 0. The Labute approximate surface area is 102 Å². The molecule has 0 aliphatic rings. The van der Waals surface area contributed by atoms with E-state index in [0.717, 1.165) is 0 Å². The Balaban J connectivity index is 3.69. The molecule has 0 unspecified atom stereocenters. The average Bonchev–Trinajstić information content (AvgIpc) is 2.16. The highest BCUT2D eigenvalue weighted by molar-refractivity contribution is 7.89. The molecule has 1 aromatic heterocycles. The predicted octanol–water partition coefficient (Wildman–Crippen LogP) is 0.241. The molecular weight excluding hydrogens is 299 g/mol. The number of alkyl halides is 3. The molecule has 0 aliphatic carbocycles. The number of sulfonamides is 1. The van der Waals surface area contributed by atoms with Crippen molar-refractivity contribution >= 4 is 15.8 Å². The zero-order chi connectivity index (χ0) is 15.0. The van der Waals surface area contributed by atoms with Crippen molar-refractivity contribution in [3.63, 3.8) is 0 Å². The van der Waals surface area contributed by atoms with Gasteiger partial charge in [0.25, 0.3) is 0 Å². The smallest absolute Gasteiger partial charge is 0.502 e. The molecule has 0 saturated heterocycles. The van der Waals surface area contributed by atoms with Gasteiger partial charge < -0.3 is 20.0 Å². The van der Waals surface area contributed by atoms with Gasteiger partial charge in [-0.2, -0.15) is 0 Å². The van der Waals surface area contributed by atoms with Crippen LogP contribution in [0.25, 0.3) is 0 Å². The maximum absolute atomic E-state index is 12.1. The zero-order valence-corrected chi connectivity index (χ0v) is 9.40. The van der Waals surface area contributed by atoms with Crippen LogP contribution in [-0.2, 0) is 10.0 Å². The maximum atomic E-state index is 12.1. The third-order valence-electron chi connectivity index (χ3n) is 1.63. The van der Waals surface area contributed by atoms with Crippen LogP contribution in [-0.4, -0.2) is 29.8 Å². The number of nitro groups is 1. The fraction of sp³-hybridized carbons (Fsp3) is 0.167. The molecule has 0 saturated carbocycles. The second-order valence-corrected chi connectivity index (χ2v) is 4.47. The molecule has 0 aromatic carbocycles. The fourth-order valence-corrected chi connectivity index (χ4v) is 1.84. The quantitative estimate of drug-likeness (QED) is 0.600. The van der Waals surface area contributed by atoms with Crippen molar-refractivity contribution in [1.29, 1.82) is 0 Å². The second kappa shape index (κ2) is 4.51. The number of aromatic nitrogens is 1. The van der Waals surface area contributed by atoms with Crippen LogP contribution in [0.1, 0.15) is 0 Å². The van der Waals surface area contributed by atoms with Crippen molar-refractivity contribution in [3.8, 4) is 11.5 Å². The minimum absolute atomic E-state index is 0.230. The van der Waals surface area contributed by atoms with E-state index in [1.165, 1.54) is 0 Å². The van der Waals surface area contributed by atoms with Gasteiger partial charge in [-0.25, -0.2) is 13.6 Å². The molecule has 9 nitrogen and oxygen atoms in total.